The highest BCUT2D eigenvalue weighted by atomic mass is 32.2. The molecule has 0 unspecified atom stereocenters. The van der Waals surface area contributed by atoms with Crippen molar-refractivity contribution < 1.29 is 35.8 Å². The van der Waals surface area contributed by atoms with Crippen molar-refractivity contribution in [3.8, 4) is 0 Å². The lowest BCUT2D eigenvalue weighted by Gasteiger charge is -2.29. The zero-order valence-electron chi connectivity index (χ0n) is 34.9. The first-order chi connectivity index (χ1) is 27.5. The van der Waals surface area contributed by atoms with Crippen LogP contribution >= 0.6 is 11.8 Å². The first kappa shape index (κ1) is 45.7. The van der Waals surface area contributed by atoms with Crippen LogP contribution in [0.25, 0.3) is 0 Å². The summed E-state index contributed by atoms with van der Waals surface area (Å²) in [5, 5.41) is 9.17. The van der Waals surface area contributed by atoms with Crippen LogP contribution < -0.4 is 9.80 Å². The van der Waals surface area contributed by atoms with Gasteiger partial charge in [-0.3, -0.25) is 13.9 Å². The maximum Gasteiger partial charge on any atom is 0.303 e. The van der Waals surface area contributed by atoms with E-state index in [-0.39, 0.29) is 16.2 Å². The molecule has 5 rings (SSSR count). The summed E-state index contributed by atoms with van der Waals surface area (Å²) in [6.45, 7) is 15.0. The van der Waals surface area contributed by atoms with Gasteiger partial charge < -0.3 is 14.9 Å². The molecule has 10 nitrogen and oxygen atoms in total. The quantitative estimate of drug-likeness (QED) is 0.0717. The van der Waals surface area contributed by atoms with E-state index in [2.05, 4.69) is 58.9 Å². The fourth-order valence-corrected chi connectivity index (χ4v) is 9.88. The maximum absolute atomic E-state index is 12.2. The summed E-state index contributed by atoms with van der Waals surface area (Å²) in [6.07, 6.45) is 13.0. The van der Waals surface area contributed by atoms with Gasteiger partial charge in [0.15, 0.2) is 0 Å². The van der Waals surface area contributed by atoms with Gasteiger partial charge in [0.25, 0.3) is 20.2 Å². The average Bonchev–Trinajstić information content (AvgIpc) is 3.36. The molecule has 1 aliphatic heterocycles. The van der Waals surface area contributed by atoms with Gasteiger partial charge in [-0.15, -0.1) is 0 Å². The molecule has 0 radical (unpaired) electrons. The van der Waals surface area contributed by atoms with E-state index in [1.54, 1.807) is 30.0 Å². The van der Waals surface area contributed by atoms with E-state index in [0.29, 0.717) is 13.0 Å². The maximum atomic E-state index is 12.2. The Morgan fingerprint density at radius 1 is 0.915 bits per heavy atom. The van der Waals surface area contributed by atoms with Crippen molar-refractivity contribution in [3.63, 3.8) is 0 Å². The Labute approximate surface area is 354 Å². The third-order valence-electron chi connectivity index (χ3n) is 11.4. The minimum absolute atomic E-state index is 0.0989. The molecule has 0 bridgehead atoms. The highest BCUT2D eigenvalue weighted by molar-refractivity contribution is 8.03. The predicted molar refractivity (Wildman–Crippen MR) is 239 cm³/mol. The van der Waals surface area contributed by atoms with Crippen LogP contribution in [0.15, 0.2) is 134 Å². The second-order valence-corrected chi connectivity index (χ2v) is 20.4. The number of benzene rings is 3. The Morgan fingerprint density at radius 3 is 2.19 bits per heavy atom. The fourth-order valence-electron chi connectivity index (χ4n) is 7.76. The number of hydrogen-bond donors (Lipinski definition) is 3. The second-order valence-electron chi connectivity index (χ2n) is 16.5. The number of rotatable bonds is 16. The molecular formula is C46H56N2O8S3. The number of nitrogens with zero attached hydrogens (tertiary/aromatic N) is 2. The van der Waals surface area contributed by atoms with Gasteiger partial charge in [0.2, 0.25) is 0 Å². The molecule has 0 aromatic heterocycles. The predicted octanol–water partition coefficient (Wildman–Crippen LogP) is 10.4. The number of hydrogen-bond acceptors (Lipinski definition) is 8. The van der Waals surface area contributed by atoms with Crippen LogP contribution in [0.5, 0.6) is 0 Å². The molecule has 59 heavy (non-hydrogen) atoms. The van der Waals surface area contributed by atoms with Crippen LogP contribution in [0.3, 0.4) is 0 Å². The molecule has 0 spiro atoms. The van der Waals surface area contributed by atoms with Gasteiger partial charge in [-0.2, -0.15) is 16.8 Å². The number of carbonyl (C=O) groups is 1. The lowest BCUT2D eigenvalue weighted by molar-refractivity contribution is -0.137. The van der Waals surface area contributed by atoms with Gasteiger partial charge in [-0.25, -0.2) is 0 Å². The number of fused-ring (bicyclic) bond motifs is 1. The van der Waals surface area contributed by atoms with Crippen molar-refractivity contribution in [1.82, 2.24) is 0 Å². The Balaban J connectivity index is 1.59. The lowest BCUT2D eigenvalue weighted by Crippen LogP contribution is -2.27. The van der Waals surface area contributed by atoms with Gasteiger partial charge in [0, 0.05) is 64.8 Å². The summed E-state index contributed by atoms with van der Waals surface area (Å²) in [5.74, 6) is -0.826. The van der Waals surface area contributed by atoms with Gasteiger partial charge in [0.1, 0.15) is 0 Å². The van der Waals surface area contributed by atoms with E-state index >= 15 is 0 Å². The van der Waals surface area contributed by atoms with Crippen molar-refractivity contribution in [2.45, 2.75) is 105 Å². The minimum atomic E-state index is -4.43. The summed E-state index contributed by atoms with van der Waals surface area (Å²) >= 11 is 1.69. The summed E-state index contributed by atoms with van der Waals surface area (Å²) in [5.41, 5.74) is 7.05. The van der Waals surface area contributed by atoms with Crippen LogP contribution in [0.1, 0.15) is 89.3 Å². The number of carboxylic acids is 1. The first-order valence-electron chi connectivity index (χ1n) is 19.7. The molecule has 0 amide bonds. The molecule has 3 N–H and O–H groups in total. The Hall–Kier alpha value is -4.40. The SMILES string of the molecule is C=C(/C=C/C1=C(Sc2ccc(N(C)C)cc2)C(=C/C=C2/N(CCCCCC(=O)O)c3ccc(S(=O)(=O)O)cc3C2(C)C)/CCC1)C(C)(C)c1cc(S(=O)(=O)O)ccc1C. The van der Waals surface area contributed by atoms with E-state index in [1.807, 2.05) is 54.8 Å². The monoisotopic (exact) mass is 860 g/mol. The number of thioether (sulfide) groups is 1. The highest BCUT2D eigenvalue weighted by Crippen LogP contribution is 2.49. The molecule has 0 saturated heterocycles. The van der Waals surface area contributed by atoms with Crippen molar-refractivity contribution in [2.75, 3.05) is 30.4 Å². The number of aryl methyl sites for hydroxylation is 1. The molecule has 13 heteroatoms. The molecule has 1 aliphatic carbocycles. The summed E-state index contributed by atoms with van der Waals surface area (Å²) in [6, 6.07) is 17.7. The van der Waals surface area contributed by atoms with Gasteiger partial charge in [-0.05, 0) is 133 Å². The molecule has 3 aromatic carbocycles. The zero-order valence-corrected chi connectivity index (χ0v) is 37.4. The van der Waals surface area contributed by atoms with Crippen LogP contribution in [0.4, 0.5) is 11.4 Å². The number of unbranched alkanes of at least 4 members (excludes halogenated alkanes) is 2. The normalized spacial score (nSPS) is 17.3. The second kappa shape index (κ2) is 18.1. The van der Waals surface area contributed by atoms with E-state index in [1.165, 1.54) is 18.2 Å². The fraction of sp³-hybridized carbons (Fsp3) is 0.370. The van der Waals surface area contributed by atoms with E-state index in [9.17, 15) is 30.7 Å². The van der Waals surface area contributed by atoms with Gasteiger partial charge >= 0.3 is 5.97 Å². The Kier molecular flexibility index (Phi) is 14.0. The number of allylic oxidation sites excluding steroid dienone is 8. The van der Waals surface area contributed by atoms with Crippen molar-refractivity contribution in [3.05, 3.63) is 136 Å². The third kappa shape index (κ3) is 10.7. The molecule has 0 fully saturated rings. The van der Waals surface area contributed by atoms with Gasteiger partial charge in [0.05, 0.1) is 9.79 Å². The summed E-state index contributed by atoms with van der Waals surface area (Å²) < 4.78 is 68.2. The first-order valence-corrected chi connectivity index (χ1v) is 23.4. The highest BCUT2D eigenvalue weighted by Gasteiger charge is 2.40. The van der Waals surface area contributed by atoms with E-state index < -0.39 is 37.0 Å². The molecule has 0 saturated carbocycles. The van der Waals surface area contributed by atoms with Crippen molar-refractivity contribution in [2.24, 2.45) is 0 Å². The van der Waals surface area contributed by atoms with Gasteiger partial charge in [-0.1, -0.05) is 76.8 Å². The molecular weight excluding hydrogens is 805 g/mol. The van der Waals surface area contributed by atoms with Crippen molar-refractivity contribution in [1.29, 1.82) is 0 Å². The lowest BCUT2D eigenvalue weighted by atomic mass is 9.76. The third-order valence-corrected chi connectivity index (χ3v) is 14.3. The van der Waals surface area contributed by atoms with Crippen LogP contribution in [0, 0.1) is 6.92 Å². The molecule has 0 atom stereocenters. The zero-order chi connectivity index (χ0) is 43.5. The topological polar surface area (TPSA) is 153 Å². The van der Waals surface area contributed by atoms with Crippen LogP contribution in [0.2, 0.25) is 0 Å². The molecule has 3 aromatic rings. The van der Waals surface area contributed by atoms with Crippen molar-refractivity contribution >= 4 is 49.3 Å². The smallest absolute Gasteiger partial charge is 0.303 e. The largest absolute Gasteiger partial charge is 0.481 e. The minimum Gasteiger partial charge on any atom is -0.481 e. The molecule has 2 aliphatic rings. The van der Waals surface area contributed by atoms with E-state index in [4.69, 9.17) is 5.11 Å². The van der Waals surface area contributed by atoms with Crippen LogP contribution in [-0.2, 0) is 35.9 Å². The van der Waals surface area contributed by atoms with E-state index in [0.717, 1.165) is 92.4 Å². The molecule has 1 heterocycles. The standard InChI is InChI=1S/C46H56N2O8S3/c1-31-16-24-37(58(51,52)53)29-39(31)45(3,4)32(2)17-18-33-13-12-14-34(44(33)57-36-22-20-35(21-23-36)47(7)8)19-27-42-46(5,6)40-30-38(59(54,55)56)25-26-41(40)48(42)28-11-9-10-15-43(49)50/h16-27,29-30H,2,9-15,28H2,1,3-8H3,(H,49,50)(H,51,52,53)(H,54,55,56)/b18-17+,34-19+,42-27+. The number of aliphatic carboxylic acids is 1. The Bertz CT molecular complexity index is 2460. The average molecular weight is 861 g/mol. The Morgan fingerprint density at radius 2 is 1.56 bits per heavy atom. The summed E-state index contributed by atoms with van der Waals surface area (Å²) in [4.78, 5) is 17.3. The van der Waals surface area contributed by atoms with Crippen LogP contribution in [-0.4, -0.2) is 57.7 Å². The number of anilines is 2. The summed E-state index contributed by atoms with van der Waals surface area (Å²) in [7, 11) is -4.82. The number of carboxylic acid groups (broad SMARTS) is 1. The molecule has 316 valence electrons.